The third-order valence-corrected chi connectivity index (χ3v) is 21.1. The molecule has 116 heavy (non-hydrogen) atoms. The molecule has 0 atom stereocenters. The molecule has 0 fully saturated rings. The Morgan fingerprint density at radius 3 is 0.612 bits per heavy atom. The molecule has 0 aliphatic carbocycles. The molecule has 0 saturated carbocycles. The van der Waals surface area contributed by atoms with E-state index in [1.165, 1.54) is 44.5 Å². The molecule has 0 radical (unpaired) electrons. The van der Waals surface area contributed by atoms with E-state index in [4.69, 9.17) is 39.9 Å². The number of hydrogen-bond donors (Lipinski definition) is 0. The predicted octanol–water partition coefficient (Wildman–Crippen LogP) is 27.5. The lowest BCUT2D eigenvalue weighted by Crippen LogP contribution is -2.00. The van der Waals surface area contributed by atoms with Gasteiger partial charge in [-0.05, 0) is 131 Å². The van der Waals surface area contributed by atoms with E-state index in [9.17, 15) is 0 Å². The van der Waals surface area contributed by atoms with E-state index < -0.39 is 0 Å². The van der Waals surface area contributed by atoms with Gasteiger partial charge in [0.1, 0.15) is 0 Å². The summed E-state index contributed by atoms with van der Waals surface area (Å²) in [6.07, 6.45) is 0. The summed E-state index contributed by atoms with van der Waals surface area (Å²) in [5.41, 5.74) is 29.8. The van der Waals surface area contributed by atoms with Crippen LogP contribution in [0.2, 0.25) is 0 Å². The Morgan fingerprint density at radius 1 is 0.112 bits per heavy atom. The molecule has 0 N–H and O–H groups in total. The van der Waals surface area contributed by atoms with E-state index in [1.54, 1.807) is 0 Å². The highest BCUT2D eigenvalue weighted by atomic mass is 15.0. The van der Waals surface area contributed by atoms with Crippen LogP contribution in [-0.4, -0.2) is 39.9 Å². The molecule has 0 saturated heterocycles. The highest BCUT2D eigenvalue weighted by molar-refractivity contribution is 6.01. The molecule has 0 aliphatic rings. The maximum absolute atomic E-state index is 5.26. The minimum Gasteiger partial charge on any atom is -0.248 e. The van der Waals surface area contributed by atoms with Crippen LogP contribution in [0.4, 0.5) is 0 Å². The molecule has 0 aliphatic heterocycles. The van der Waals surface area contributed by atoms with Crippen molar-refractivity contribution in [2.45, 2.75) is 0 Å². The van der Waals surface area contributed by atoms with Crippen molar-refractivity contribution < 1.29 is 0 Å². The highest BCUT2D eigenvalue weighted by Gasteiger charge is 2.20. The monoisotopic (exact) mass is 1480 g/mol. The Balaban J connectivity index is 0.000000155. The van der Waals surface area contributed by atoms with Crippen molar-refractivity contribution in [3.8, 4) is 180 Å². The van der Waals surface area contributed by atoms with Gasteiger partial charge in [-0.2, -0.15) is 0 Å². The summed E-state index contributed by atoms with van der Waals surface area (Å²) < 4.78 is 0. The lowest BCUT2D eigenvalue weighted by molar-refractivity contribution is 1.07. The average Bonchev–Trinajstić information content (AvgIpc) is 0.760. The van der Waals surface area contributed by atoms with Gasteiger partial charge in [0.05, 0.1) is 22.4 Å². The van der Waals surface area contributed by atoms with Gasteiger partial charge >= 0.3 is 0 Å². The van der Waals surface area contributed by atoms with Crippen molar-refractivity contribution in [3.05, 3.63) is 437 Å². The van der Waals surface area contributed by atoms with Gasteiger partial charge in [0.2, 0.25) is 0 Å². The second-order valence-electron chi connectivity index (χ2n) is 28.6. The fourth-order valence-corrected chi connectivity index (χ4v) is 15.0. The summed E-state index contributed by atoms with van der Waals surface area (Å²) in [5.74, 6) is 3.78. The van der Waals surface area contributed by atoms with Gasteiger partial charge in [0.15, 0.2) is 34.9 Å². The Morgan fingerprint density at radius 2 is 0.310 bits per heavy atom. The van der Waals surface area contributed by atoms with Crippen molar-refractivity contribution in [1.82, 2.24) is 39.9 Å². The van der Waals surface area contributed by atoms with Crippen molar-refractivity contribution in [3.63, 3.8) is 0 Å². The summed E-state index contributed by atoms with van der Waals surface area (Å²) in [7, 11) is 0. The SMILES string of the molecule is c1ccc(-c2ccc(-c3ccc4nc(-c5ccc(-c6ccccc6)cc5)cc(-c5ccc(-c6nc(-c7ccccc7)nc(-c7ccccc7)n6)cc5)c4c3)cc2)cc1.c1ccc(-c2ccc(-c3ccc4nc(-c5ccc(-c6ccccc6)cc5)cc(-c5cccc(-c6nc(-c7ccccc7)nc(-c7ccccc7)n6)c5)c4c3)cc2)cc1. The number of benzene rings is 16. The Bertz CT molecular complexity index is 6710. The third-order valence-electron chi connectivity index (χ3n) is 21.1. The lowest BCUT2D eigenvalue weighted by atomic mass is 9.93. The van der Waals surface area contributed by atoms with E-state index in [-0.39, 0.29) is 0 Å². The molecule has 4 heterocycles. The lowest BCUT2D eigenvalue weighted by Gasteiger charge is -2.14. The molecular weight excluding hydrogens is 1410 g/mol. The van der Waals surface area contributed by atoms with Gasteiger partial charge in [-0.15, -0.1) is 0 Å². The van der Waals surface area contributed by atoms with Crippen LogP contribution in [0, 0.1) is 0 Å². The predicted molar refractivity (Wildman–Crippen MR) is 477 cm³/mol. The van der Waals surface area contributed by atoms with Crippen molar-refractivity contribution in [2.75, 3.05) is 0 Å². The molecule has 0 bridgehead atoms. The first-order valence-corrected chi connectivity index (χ1v) is 38.9. The van der Waals surface area contributed by atoms with Gasteiger partial charge in [-0.3, -0.25) is 0 Å². The molecule has 0 amide bonds. The largest absolute Gasteiger partial charge is 0.248 e. The number of nitrogens with zero attached hydrogens (tertiary/aromatic N) is 8. The zero-order chi connectivity index (χ0) is 77.4. The quantitative estimate of drug-likeness (QED) is 0.0943. The maximum Gasteiger partial charge on any atom is 0.164 e. The van der Waals surface area contributed by atoms with Gasteiger partial charge in [0, 0.05) is 55.3 Å². The first-order valence-electron chi connectivity index (χ1n) is 38.9. The third kappa shape index (κ3) is 15.4. The molecule has 16 aromatic carbocycles. The molecule has 8 heteroatoms. The Labute approximate surface area is 674 Å². The number of aromatic nitrogens is 8. The van der Waals surface area contributed by atoms with E-state index >= 15 is 0 Å². The minimum absolute atomic E-state index is 0.615. The van der Waals surface area contributed by atoms with Crippen LogP contribution < -0.4 is 0 Å². The zero-order valence-electron chi connectivity index (χ0n) is 63.1. The van der Waals surface area contributed by atoms with Crippen LogP contribution in [0.3, 0.4) is 0 Å². The average molecular weight is 1480 g/mol. The molecule has 4 aromatic heterocycles. The van der Waals surface area contributed by atoms with E-state index in [0.717, 1.165) is 122 Å². The number of pyridine rings is 2. The Kier molecular flexibility index (Phi) is 19.7. The second kappa shape index (κ2) is 32.4. The molecule has 20 rings (SSSR count). The topological polar surface area (TPSA) is 103 Å². The molecule has 0 spiro atoms. The number of rotatable bonds is 16. The van der Waals surface area contributed by atoms with Crippen LogP contribution in [0.1, 0.15) is 0 Å². The van der Waals surface area contributed by atoms with Crippen molar-refractivity contribution in [2.24, 2.45) is 0 Å². The fourth-order valence-electron chi connectivity index (χ4n) is 15.0. The van der Waals surface area contributed by atoms with Crippen LogP contribution >= 0.6 is 0 Å². The maximum atomic E-state index is 5.26. The van der Waals surface area contributed by atoms with Gasteiger partial charge < -0.3 is 0 Å². The molecule has 8 nitrogen and oxygen atoms in total. The molecule has 20 aromatic rings. The van der Waals surface area contributed by atoms with Crippen molar-refractivity contribution in [1.29, 1.82) is 0 Å². The number of hydrogen-bond acceptors (Lipinski definition) is 8. The summed E-state index contributed by atoms with van der Waals surface area (Å²) in [6, 6.07) is 152. The van der Waals surface area contributed by atoms with Crippen LogP contribution in [0.15, 0.2) is 437 Å². The normalized spacial score (nSPS) is 11.1. The minimum atomic E-state index is 0.615. The molecular formula is C108H72N8. The van der Waals surface area contributed by atoms with Crippen LogP contribution in [0.5, 0.6) is 0 Å². The van der Waals surface area contributed by atoms with E-state index in [2.05, 4.69) is 291 Å². The van der Waals surface area contributed by atoms with Crippen molar-refractivity contribution >= 4 is 21.8 Å². The summed E-state index contributed by atoms with van der Waals surface area (Å²) in [6.45, 7) is 0. The van der Waals surface area contributed by atoms with Gasteiger partial charge in [-0.25, -0.2) is 39.9 Å². The zero-order valence-corrected chi connectivity index (χ0v) is 63.1. The van der Waals surface area contributed by atoms with E-state index in [0.29, 0.717) is 34.9 Å². The van der Waals surface area contributed by atoms with Crippen LogP contribution in [-0.2, 0) is 0 Å². The Hall–Kier alpha value is -15.6. The first kappa shape index (κ1) is 70.7. The molecule has 0 unspecified atom stereocenters. The number of fused-ring (bicyclic) bond motifs is 2. The standard InChI is InChI=1S/2C54H36N4/c1-5-14-37(15-6-1)39-24-26-41(27-25-39)45-32-33-50-49(35-45)48(36-51(55-50)42-30-28-40(29-31-42)38-16-7-2-8-17-38)46-22-13-23-47(34-46)54-57-52(43-18-9-3-10-19-43)56-53(58-54)44-20-11-4-12-21-44;1-5-13-37(14-6-1)39-21-23-41(24-22-39)47-33-34-50-49(35-47)48(36-51(55-50)43-29-25-40(26-30-43)38-15-7-2-8-16-38)42-27-31-46(32-28-42)54-57-52(44-17-9-3-10-18-44)56-53(58-54)45-19-11-4-12-20-45/h2*1-36H. The van der Waals surface area contributed by atoms with E-state index in [1.807, 2.05) is 146 Å². The smallest absolute Gasteiger partial charge is 0.164 e. The van der Waals surface area contributed by atoms with Crippen LogP contribution in [0.25, 0.3) is 202 Å². The second-order valence-corrected chi connectivity index (χ2v) is 28.6. The fraction of sp³-hybridized carbons (Fsp3) is 0. The highest BCUT2D eigenvalue weighted by Crippen LogP contribution is 2.41. The first-order chi connectivity index (χ1) is 57.4. The summed E-state index contributed by atoms with van der Waals surface area (Å²) >= 11 is 0. The van der Waals surface area contributed by atoms with Gasteiger partial charge in [0.25, 0.3) is 0 Å². The molecule has 544 valence electrons. The summed E-state index contributed by atoms with van der Waals surface area (Å²) in [5, 5.41) is 2.15. The summed E-state index contributed by atoms with van der Waals surface area (Å²) in [4.78, 5) is 40.3. The van der Waals surface area contributed by atoms with Gasteiger partial charge in [-0.1, -0.05) is 394 Å².